The molecule has 6 nitrogen and oxygen atoms in total. The van der Waals surface area contributed by atoms with Crippen molar-refractivity contribution in [3.63, 3.8) is 0 Å². The van der Waals surface area contributed by atoms with Gasteiger partial charge in [0.1, 0.15) is 11.5 Å². The summed E-state index contributed by atoms with van der Waals surface area (Å²) in [6, 6.07) is 20.2. The second-order valence-corrected chi connectivity index (χ2v) is 7.83. The molecule has 3 aromatic carbocycles. The quantitative estimate of drug-likeness (QED) is 0.115. The van der Waals surface area contributed by atoms with Gasteiger partial charge in [0.25, 0.3) is 0 Å². The lowest BCUT2D eigenvalue weighted by molar-refractivity contribution is -0.137. The van der Waals surface area contributed by atoms with E-state index < -0.39 is 11.9 Å². The van der Waals surface area contributed by atoms with Crippen LogP contribution in [0.2, 0.25) is 0 Å². The lowest BCUT2D eigenvalue weighted by Crippen LogP contribution is -2.09. The molecule has 0 aliphatic rings. The number of carbonyl (C=O) groups excluding carboxylic acids is 2. The van der Waals surface area contributed by atoms with E-state index in [2.05, 4.69) is 37.8 Å². The Morgan fingerprint density at radius 3 is 2.31 bits per heavy atom. The van der Waals surface area contributed by atoms with E-state index in [-0.39, 0.29) is 6.61 Å². The van der Waals surface area contributed by atoms with Gasteiger partial charge in [0.2, 0.25) is 0 Å². The summed E-state index contributed by atoms with van der Waals surface area (Å²) in [5.74, 6) is 0.00282. The van der Waals surface area contributed by atoms with E-state index in [0.29, 0.717) is 35.7 Å². The largest absolute Gasteiger partial charge is 0.493 e. The zero-order valence-electron chi connectivity index (χ0n) is 19.8. The molecule has 0 heterocycles. The fourth-order valence-corrected chi connectivity index (χ4v) is 3.46. The van der Waals surface area contributed by atoms with Gasteiger partial charge in [-0.2, -0.15) is 0 Å². The van der Waals surface area contributed by atoms with Gasteiger partial charge in [0.15, 0.2) is 0 Å². The molecule has 0 saturated carbocycles. The van der Waals surface area contributed by atoms with E-state index >= 15 is 0 Å². The molecule has 0 aliphatic heterocycles. The first-order valence-corrected chi connectivity index (χ1v) is 11.5. The van der Waals surface area contributed by atoms with E-state index in [0.717, 1.165) is 30.0 Å². The molecule has 0 radical (unpaired) electrons. The molecule has 0 saturated heterocycles. The van der Waals surface area contributed by atoms with E-state index in [1.807, 2.05) is 6.07 Å². The first kappa shape index (κ1) is 25.4. The highest BCUT2D eigenvalue weighted by molar-refractivity contribution is 5.93. The summed E-state index contributed by atoms with van der Waals surface area (Å²) >= 11 is 0. The summed E-state index contributed by atoms with van der Waals surface area (Å²) in [5, 5.41) is 7.81. The molecule has 180 valence electrons. The van der Waals surface area contributed by atoms with Crippen LogP contribution in [-0.4, -0.2) is 31.4 Å². The number of carbonyl (C=O) groups is 2. The van der Waals surface area contributed by atoms with Crippen LogP contribution in [0.3, 0.4) is 0 Å². The SMILES string of the molecule is C=CC(=O)OCCCOc1ccc(C(=O)Oc2ccc(-c3ccc(CCC)cc3)c(C=N)c2)cc1. The van der Waals surface area contributed by atoms with E-state index in [9.17, 15) is 9.59 Å². The molecule has 0 unspecified atom stereocenters. The maximum Gasteiger partial charge on any atom is 0.343 e. The van der Waals surface area contributed by atoms with Crippen LogP contribution in [-0.2, 0) is 16.0 Å². The van der Waals surface area contributed by atoms with Gasteiger partial charge >= 0.3 is 11.9 Å². The molecule has 6 heteroatoms. The Morgan fingerprint density at radius 1 is 0.943 bits per heavy atom. The zero-order valence-corrected chi connectivity index (χ0v) is 19.8. The summed E-state index contributed by atoms with van der Waals surface area (Å²) in [4.78, 5) is 23.6. The minimum atomic E-state index is -0.500. The fourth-order valence-electron chi connectivity index (χ4n) is 3.46. The Labute approximate surface area is 205 Å². The summed E-state index contributed by atoms with van der Waals surface area (Å²) in [7, 11) is 0. The predicted octanol–water partition coefficient (Wildman–Crippen LogP) is 6.02. The summed E-state index contributed by atoms with van der Waals surface area (Å²) in [6.45, 7) is 6.10. The Kier molecular flexibility index (Phi) is 9.37. The van der Waals surface area contributed by atoms with Crippen LogP contribution in [0.4, 0.5) is 0 Å². The molecule has 0 fully saturated rings. The highest BCUT2D eigenvalue weighted by atomic mass is 16.5. The molecular formula is C29H29NO5. The minimum absolute atomic E-state index is 0.246. The van der Waals surface area contributed by atoms with Crippen molar-refractivity contribution in [3.8, 4) is 22.6 Å². The third-order valence-corrected chi connectivity index (χ3v) is 5.25. The lowest BCUT2D eigenvalue weighted by Gasteiger charge is -2.11. The summed E-state index contributed by atoms with van der Waals surface area (Å²) in [6.07, 6.45) is 5.04. The number of nitrogens with one attached hydrogen (secondary N) is 1. The van der Waals surface area contributed by atoms with E-state index in [4.69, 9.17) is 19.6 Å². The Hall–Kier alpha value is -4.19. The van der Waals surface area contributed by atoms with Gasteiger partial charge < -0.3 is 19.6 Å². The molecule has 0 amide bonds. The van der Waals surface area contributed by atoms with Crippen molar-refractivity contribution < 1.29 is 23.8 Å². The molecule has 0 bridgehead atoms. The smallest absolute Gasteiger partial charge is 0.343 e. The first-order chi connectivity index (χ1) is 17.0. The Balaban J connectivity index is 1.58. The third kappa shape index (κ3) is 7.40. The van der Waals surface area contributed by atoms with Crippen molar-refractivity contribution in [2.45, 2.75) is 26.2 Å². The number of rotatable bonds is 12. The van der Waals surface area contributed by atoms with Gasteiger partial charge in [-0.1, -0.05) is 50.3 Å². The first-order valence-electron chi connectivity index (χ1n) is 11.5. The number of ether oxygens (including phenoxy) is 3. The monoisotopic (exact) mass is 471 g/mol. The van der Waals surface area contributed by atoms with E-state index in [1.165, 1.54) is 11.8 Å². The lowest BCUT2D eigenvalue weighted by atomic mass is 9.98. The van der Waals surface area contributed by atoms with Crippen molar-refractivity contribution in [2.75, 3.05) is 13.2 Å². The summed E-state index contributed by atoms with van der Waals surface area (Å²) in [5.41, 5.74) is 4.24. The summed E-state index contributed by atoms with van der Waals surface area (Å²) < 4.78 is 16.0. The zero-order chi connectivity index (χ0) is 25.0. The average Bonchev–Trinajstić information content (AvgIpc) is 2.89. The average molecular weight is 472 g/mol. The third-order valence-electron chi connectivity index (χ3n) is 5.25. The molecule has 3 rings (SSSR count). The van der Waals surface area contributed by atoms with Crippen LogP contribution in [0, 0.1) is 5.41 Å². The molecule has 3 aromatic rings. The number of hydrogen-bond donors (Lipinski definition) is 1. The maximum atomic E-state index is 12.6. The second-order valence-electron chi connectivity index (χ2n) is 7.83. The highest BCUT2D eigenvalue weighted by Gasteiger charge is 2.12. The van der Waals surface area contributed by atoms with Gasteiger partial charge in [-0.25, -0.2) is 9.59 Å². The Morgan fingerprint density at radius 2 is 1.66 bits per heavy atom. The fraction of sp³-hybridized carbons (Fsp3) is 0.207. The normalized spacial score (nSPS) is 10.3. The van der Waals surface area contributed by atoms with Crippen LogP contribution in [0.25, 0.3) is 11.1 Å². The molecule has 0 aliphatic carbocycles. The molecule has 1 N–H and O–H groups in total. The van der Waals surface area contributed by atoms with Crippen LogP contribution in [0.15, 0.2) is 79.4 Å². The molecule has 0 atom stereocenters. The van der Waals surface area contributed by atoms with Crippen molar-refractivity contribution in [1.29, 1.82) is 5.41 Å². The van der Waals surface area contributed by atoms with Gasteiger partial charge in [0, 0.05) is 24.3 Å². The Bertz CT molecular complexity index is 1170. The van der Waals surface area contributed by atoms with E-state index in [1.54, 1.807) is 36.4 Å². The van der Waals surface area contributed by atoms with Crippen molar-refractivity contribution in [3.05, 3.63) is 96.1 Å². The topological polar surface area (TPSA) is 85.7 Å². The number of esters is 2. The van der Waals surface area contributed by atoms with Crippen molar-refractivity contribution in [1.82, 2.24) is 0 Å². The number of benzene rings is 3. The number of hydrogen-bond acceptors (Lipinski definition) is 6. The minimum Gasteiger partial charge on any atom is -0.493 e. The van der Waals surface area contributed by atoms with Gasteiger partial charge in [-0.05, 0) is 59.5 Å². The standard InChI is InChI=1S/C29H29NO5/c1-3-6-21-7-9-22(10-8-21)27-16-15-26(19-24(27)20-30)35-29(32)23-11-13-25(14-12-23)33-17-5-18-34-28(31)4-2/h4,7-16,19-20,30H,2-3,5-6,17-18H2,1H3. The number of aryl methyl sites for hydroxylation is 1. The van der Waals surface area contributed by atoms with Crippen LogP contribution in [0.5, 0.6) is 11.5 Å². The molecule has 35 heavy (non-hydrogen) atoms. The predicted molar refractivity (Wildman–Crippen MR) is 136 cm³/mol. The van der Waals surface area contributed by atoms with Crippen molar-refractivity contribution in [2.24, 2.45) is 0 Å². The van der Waals surface area contributed by atoms with Gasteiger partial charge in [-0.3, -0.25) is 0 Å². The molecule has 0 spiro atoms. The highest BCUT2D eigenvalue weighted by Crippen LogP contribution is 2.27. The van der Waals surface area contributed by atoms with Gasteiger partial charge in [-0.15, -0.1) is 0 Å². The van der Waals surface area contributed by atoms with Crippen molar-refractivity contribution >= 4 is 18.2 Å². The van der Waals surface area contributed by atoms with Crippen LogP contribution >= 0.6 is 0 Å². The molecular weight excluding hydrogens is 442 g/mol. The van der Waals surface area contributed by atoms with Crippen LogP contribution in [0.1, 0.15) is 41.3 Å². The van der Waals surface area contributed by atoms with Gasteiger partial charge in [0.05, 0.1) is 18.8 Å². The van der Waals surface area contributed by atoms with Crippen LogP contribution < -0.4 is 9.47 Å². The second kappa shape index (κ2) is 12.9. The molecule has 0 aromatic heterocycles. The maximum absolute atomic E-state index is 12.6.